The van der Waals surface area contributed by atoms with Crippen LogP contribution in [-0.2, 0) is 10.4 Å². The lowest BCUT2D eigenvalue weighted by atomic mass is 9.99. The Hall–Kier alpha value is -2.02. The van der Waals surface area contributed by atoms with Gasteiger partial charge in [-0.1, -0.05) is 18.2 Å². The third-order valence-electron chi connectivity index (χ3n) is 2.63. The molecule has 0 saturated carbocycles. The molecule has 0 radical (unpaired) electrons. The fourth-order valence-corrected chi connectivity index (χ4v) is 1.65. The van der Waals surface area contributed by atoms with E-state index in [0.717, 1.165) is 6.07 Å². The average Bonchev–Trinajstić information content (AvgIpc) is 2.69. The highest BCUT2D eigenvalue weighted by Crippen LogP contribution is 2.39. The molecule has 7 heteroatoms. The third-order valence-corrected chi connectivity index (χ3v) is 2.63. The van der Waals surface area contributed by atoms with Crippen LogP contribution in [-0.4, -0.2) is 22.2 Å². The van der Waals surface area contributed by atoms with Gasteiger partial charge < -0.3 is 20.0 Å². The highest BCUT2D eigenvalue weighted by atomic mass is 19.4. The van der Waals surface area contributed by atoms with Crippen molar-refractivity contribution in [2.24, 2.45) is 0 Å². The number of aliphatic hydroxyl groups is 1. The SMILES string of the molecule is O=C([O-])C(O)(c1cc2ccccc2[nH]1)C(F)(F)F. The second-order valence-electron chi connectivity index (χ2n) is 3.77. The summed E-state index contributed by atoms with van der Waals surface area (Å²) in [6, 6.07) is 7.02. The van der Waals surface area contributed by atoms with Crippen molar-refractivity contribution in [1.82, 2.24) is 4.98 Å². The van der Waals surface area contributed by atoms with Crippen LogP contribution in [0.2, 0.25) is 0 Å². The quantitative estimate of drug-likeness (QED) is 0.831. The number of hydrogen-bond acceptors (Lipinski definition) is 3. The molecule has 2 rings (SSSR count). The van der Waals surface area contributed by atoms with Crippen LogP contribution < -0.4 is 5.11 Å². The number of carbonyl (C=O) groups excluding carboxylic acids is 1. The molecule has 0 amide bonds. The molecule has 96 valence electrons. The summed E-state index contributed by atoms with van der Waals surface area (Å²) in [5.41, 5.74) is -4.64. The number of nitrogens with one attached hydrogen (secondary N) is 1. The van der Waals surface area contributed by atoms with E-state index in [1.165, 1.54) is 12.1 Å². The van der Waals surface area contributed by atoms with Crippen molar-refractivity contribution in [3.8, 4) is 0 Å². The van der Waals surface area contributed by atoms with Gasteiger partial charge in [0.25, 0.3) is 0 Å². The molecule has 1 atom stereocenters. The van der Waals surface area contributed by atoms with E-state index >= 15 is 0 Å². The largest absolute Gasteiger partial charge is 0.546 e. The highest BCUT2D eigenvalue weighted by molar-refractivity contribution is 5.85. The molecule has 0 saturated heterocycles. The van der Waals surface area contributed by atoms with E-state index in [1.54, 1.807) is 12.1 Å². The summed E-state index contributed by atoms with van der Waals surface area (Å²) in [5, 5.41) is 20.4. The number of benzene rings is 1. The summed E-state index contributed by atoms with van der Waals surface area (Å²) in [6.07, 6.45) is -5.38. The van der Waals surface area contributed by atoms with Crippen molar-refractivity contribution in [3.63, 3.8) is 0 Å². The summed E-state index contributed by atoms with van der Waals surface area (Å²) in [7, 11) is 0. The number of halogens is 3. The number of para-hydroxylation sites is 1. The molecular weight excluding hydrogens is 251 g/mol. The van der Waals surface area contributed by atoms with Crippen molar-refractivity contribution in [3.05, 3.63) is 36.0 Å². The Bertz CT molecular complexity index is 572. The standard InChI is InChI=1S/C11H8F3NO3/c12-11(13,14)10(18,9(16)17)8-5-6-3-1-2-4-7(6)15-8/h1-5,15,18H,(H,16,17)/p-1. The van der Waals surface area contributed by atoms with Gasteiger partial charge in [-0.15, -0.1) is 0 Å². The van der Waals surface area contributed by atoms with Gasteiger partial charge in [0.2, 0.25) is 5.60 Å². The molecule has 0 aliphatic carbocycles. The lowest BCUT2D eigenvalue weighted by Gasteiger charge is -2.30. The van der Waals surface area contributed by atoms with Gasteiger partial charge in [0.05, 0.1) is 11.7 Å². The number of alkyl halides is 3. The average molecular weight is 258 g/mol. The van der Waals surface area contributed by atoms with Crippen molar-refractivity contribution in [2.45, 2.75) is 11.8 Å². The van der Waals surface area contributed by atoms with E-state index in [4.69, 9.17) is 0 Å². The molecule has 4 nitrogen and oxygen atoms in total. The van der Waals surface area contributed by atoms with Crippen molar-refractivity contribution >= 4 is 16.9 Å². The lowest BCUT2D eigenvalue weighted by Crippen LogP contribution is -2.55. The van der Waals surface area contributed by atoms with Gasteiger partial charge in [-0.2, -0.15) is 13.2 Å². The highest BCUT2D eigenvalue weighted by Gasteiger charge is 2.57. The number of carboxylic acid groups (broad SMARTS) is 1. The first-order valence-electron chi connectivity index (χ1n) is 4.85. The molecule has 1 unspecified atom stereocenters. The zero-order valence-electron chi connectivity index (χ0n) is 8.78. The van der Waals surface area contributed by atoms with Crippen LogP contribution in [0.3, 0.4) is 0 Å². The fourth-order valence-electron chi connectivity index (χ4n) is 1.65. The Morgan fingerprint density at radius 2 is 1.89 bits per heavy atom. The Labute approximate surface area is 98.7 Å². The maximum Gasteiger partial charge on any atom is 0.428 e. The molecule has 0 fully saturated rings. The van der Waals surface area contributed by atoms with Gasteiger partial charge in [0.1, 0.15) is 0 Å². The molecule has 2 aromatic rings. The van der Waals surface area contributed by atoms with Gasteiger partial charge in [0.15, 0.2) is 0 Å². The molecular formula is C11H7F3NO3-. The number of aromatic nitrogens is 1. The number of aromatic amines is 1. The number of H-pyrrole nitrogens is 1. The summed E-state index contributed by atoms with van der Waals surface area (Å²) >= 11 is 0. The van der Waals surface area contributed by atoms with E-state index in [0.29, 0.717) is 5.39 Å². The van der Waals surface area contributed by atoms with Gasteiger partial charge in [-0.05, 0) is 17.5 Å². The number of fused-ring (bicyclic) bond motifs is 1. The predicted octanol–water partition coefficient (Wildman–Crippen LogP) is 0.668. The van der Waals surface area contributed by atoms with E-state index in [2.05, 4.69) is 4.98 Å². The smallest absolute Gasteiger partial charge is 0.428 e. The maximum atomic E-state index is 12.7. The van der Waals surface area contributed by atoms with Crippen LogP contribution in [0.4, 0.5) is 13.2 Å². The Kier molecular flexibility index (Phi) is 2.58. The van der Waals surface area contributed by atoms with Crippen LogP contribution in [0, 0.1) is 0 Å². The summed E-state index contributed by atoms with van der Waals surface area (Å²) < 4.78 is 38.0. The maximum absolute atomic E-state index is 12.7. The minimum Gasteiger partial charge on any atom is -0.546 e. The minimum absolute atomic E-state index is 0.288. The molecule has 2 N–H and O–H groups in total. The number of aliphatic carboxylic acids is 1. The molecule has 0 bridgehead atoms. The monoisotopic (exact) mass is 258 g/mol. The first-order chi connectivity index (χ1) is 8.26. The minimum atomic E-state index is -5.38. The van der Waals surface area contributed by atoms with Crippen molar-refractivity contribution < 1.29 is 28.2 Å². The number of rotatable bonds is 2. The zero-order valence-corrected chi connectivity index (χ0v) is 8.78. The predicted molar refractivity (Wildman–Crippen MR) is 53.3 cm³/mol. The van der Waals surface area contributed by atoms with Gasteiger partial charge in [-0.3, -0.25) is 0 Å². The summed E-state index contributed by atoms with van der Waals surface area (Å²) in [6.45, 7) is 0. The van der Waals surface area contributed by atoms with E-state index in [9.17, 15) is 28.2 Å². The topological polar surface area (TPSA) is 76.2 Å². The normalized spacial score (nSPS) is 15.6. The Morgan fingerprint density at radius 1 is 1.28 bits per heavy atom. The molecule has 1 aromatic heterocycles. The lowest BCUT2D eigenvalue weighted by molar-refractivity contribution is -0.358. The number of hydrogen-bond donors (Lipinski definition) is 2. The summed E-state index contributed by atoms with van der Waals surface area (Å²) in [5.74, 6) is -2.62. The second-order valence-corrected chi connectivity index (χ2v) is 3.77. The first kappa shape index (κ1) is 12.4. The molecule has 1 heterocycles. The van der Waals surface area contributed by atoms with Crippen LogP contribution in [0.1, 0.15) is 5.69 Å². The van der Waals surface area contributed by atoms with Crippen LogP contribution >= 0.6 is 0 Å². The molecule has 0 aliphatic rings. The summed E-state index contributed by atoms with van der Waals surface area (Å²) in [4.78, 5) is 12.9. The van der Waals surface area contributed by atoms with Crippen LogP contribution in [0.5, 0.6) is 0 Å². The number of carbonyl (C=O) groups is 1. The van der Waals surface area contributed by atoms with Gasteiger partial charge in [0, 0.05) is 5.52 Å². The van der Waals surface area contributed by atoms with Crippen molar-refractivity contribution in [1.29, 1.82) is 0 Å². The van der Waals surface area contributed by atoms with Gasteiger partial charge in [-0.25, -0.2) is 0 Å². The number of carboxylic acids is 1. The first-order valence-corrected chi connectivity index (χ1v) is 4.85. The second kappa shape index (κ2) is 3.74. The van der Waals surface area contributed by atoms with E-state index in [-0.39, 0.29) is 5.52 Å². The Morgan fingerprint density at radius 3 is 2.39 bits per heavy atom. The van der Waals surface area contributed by atoms with Crippen molar-refractivity contribution in [2.75, 3.05) is 0 Å². The Balaban J connectivity index is 2.66. The van der Waals surface area contributed by atoms with E-state index < -0.39 is 23.4 Å². The molecule has 18 heavy (non-hydrogen) atoms. The van der Waals surface area contributed by atoms with Crippen LogP contribution in [0.25, 0.3) is 10.9 Å². The fraction of sp³-hybridized carbons (Fsp3) is 0.182. The zero-order chi connectivity index (χ0) is 13.6. The molecule has 0 spiro atoms. The molecule has 1 aromatic carbocycles. The van der Waals surface area contributed by atoms with Gasteiger partial charge >= 0.3 is 6.18 Å². The third kappa shape index (κ3) is 1.63. The van der Waals surface area contributed by atoms with Crippen LogP contribution in [0.15, 0.2) is 30.3 Å². The molecule has 0 aliphatic heterocycles. The van der Waals surface area contributed by atoms with E-state index in [1.807, 2.05) is 0 Å².